The minimum atomic E-state index is -0.146. The molecule has 5 heteroatoms. The SMILES string of the molecule is O=C1CCC(N2CCN(C(c3ccccc3)c3ccccc3F)CC2)CCN1. The molecule has 0 saturated carbocycles. The van der Waals surface area contributed by atoms with E-state index in [4.69, 9.17) is 0 Å². The van der Waals surface area contributed by atoms with Crippen LogP contribution in [0.5, 0.6) is 0 Å². The minimum absolute atomic E-state index is 0.0677. The van der Waals surface area contributed by atoms with Crippen molar-refractivity contribution in [3.8, 4) is 0 Å². The van der Waals surface area contributed by atoms with Crippen LogP contribution in [0.1, 0.15) is 36.4 Å². The number of hydrogen-bond donors (Lipinski definition) is 1. The van der Waals surface area contributed by atoms with Gasteiger partial charge >= 0.3 is 0 Å². The van der Waals surface area contributed by atoms with Crippen molar-refractivity contribution in [3.63, 3.8) is 0 Å². The van der Waals surface area contributed by atoms with Gasteiger partial charge in [0.15, 0.2) is 0 Å². The van der Waals surface area contributed by atoms with Gasteiger partial charge in [-0.3, -0.25) is 14.6 Å². The standard InChI is InChI=1S/C23H28FN3O/c24-21-9-5-4-8-20(21)23(18-6-2-1-3-7-18)27-16-14-26(15-17-27)19-10-11-22(28)25-13-12-19/h1-9,19,23H,10-17H2,(H,25,28). The van der Waals surface area contributed by atoms with E-state index in [1.807, 2.05) is 30.3 Å². The van der Waals surface area contributed by atoms with Gasteiger partial charge in [-0.2, -0.15) is 0 Å². The highest BCUT2D eigenvalue weighted by Gasteiger charge is 2.31. The molecule has 0 aliphatic carbocycles. The average molecular weight is 381 g/mol. The molecular weight excluding hydrogens is 353 g/mol. The third kappa shape index (κ3) is 4.26. The number of amides is 1. The number of benzene rings is 2. The van der Waals surface area contributed by atoms with Crippen LogP contribution in [0.15, 0.2) is 54.6 Å². The maximum absolute atomic E-state index is 14.7. The molecule has 2 heterocycles. The summed E-state index contributed by atoms with van der Waals surface area (Å²) in [4.78, 5) is 16.5. The predicted octanol–water partition coefficient (Wildman–Crippen LogP) is 3.20. The van der Waals surface area contributed by atoms with E-state index >= 15 is 0 Å². The lowest BCUT2D eigenvalue weighted by Gasteiger charge is -2.42. The normalized spacial score (nSPS) is 23.0. The van der Waals surface area contributed by atoms with Gasteiger partial charge in [-0.1, -0.05) is 48.5 Å². The van der Waals surface area contributed by atoms with E-state index in [0.29, 0.717) is 12.5 Å². The van der Waals surface area contributed by atoms with E-state index in [9.17, 15) is 9.18 Å². The zero-order valence-corrected chi connectivity index (χ0v) is 16.2. The number of nitrogens with zero attached hydrogens (tertiary/aromatic N) is 2. The second-order valence-electron chi connectivity index (χ2n) is 7.74. The molecule has 2 aliphatic rings. The Balaban J connectivity index is 1.50. The number of carbonyl (C=O) groups is 1. The van der Waals surface area contributed by atoms with Crippen LogP contribution in [0, 0.1) is 5.82 Å². The Kier molecular flexibility index (Phi) is 6.03. The van der Waals surface area contributed by atoms with E-state index in [2.05, 4.69) is 27.2 Å². The molecule has 2 fully saturated rings. The number of carbonyl (C=O) groups excluding carboxylic acids is 1. The number of piperazine rings is 1. The second kappa shape index (κ2) is 8.84. The first-order valence-electron chi connectivity index (χ1n) is 10.3. The fourth-order valence-corrected chi connectivity index (χ4v) is 4.55. The molecule has 4 rings (SSSR count). The molecule has 2 aromatic carbocycles. The van der Waals surface area contributed by atoms with Crippen LogP contribution in [0.3, 0.4) is 0 Å². The molecule has 2 saturated heterocycles. The van der Waals surface area contributed by atoms with Crippen molar-refractivity contribution in [3.05, 3.63) is 71.5 Å². The van der Waals surface area contributed by atoms with E-state index in [-0.39, 0.29) is 17.8 Å². The zero-order valence-electron chi connectivity index (χ0n) is 16.2. The molecule has 28 heavy (non-hydrogen) atoms. The van der Waals surface area contributed by atoms with Crippen molar-refractivity contribution in [2.45, 2.75) is 31.3 Å². The van der Waals surface area contributed by atoms with Crippen LogP contribution in [0.25, 0.3) is 0 Å². The van der Waals surface area contributed by atoms with Gasteiger partial charge in [0.1, 0.15) is 5.82 Å². The minimum Gasteiger partial charge on any atom is -0.356 e. The van der Waals surface area contributed by atoms with Gasteiger partial charge in [-0.05, 0) is 24.5 Å². The van der Waals surface area contributed by atoms with Crippen LogP contribution in [-0.4, -0.2) is 54.5 Å². The Morgan fingerprint density at radius 1 is 0.929 bits per heavy atom. The van der Waals surface area contributed by atoms with Crippen LogP contribution >= 0.6 is 0 Å². The van der Waals surface area contributed by atoms with Crippen molar-refractivity contribution in [2.75, 3.05) is 32.7 Å². The topological polar surface area (TPSA) is 35.6 Å². The predicted molar refractivity (Wildman–Crippen MR) is 108 cm³/mol. The van der Waals surface area contributed by atoms with E-state index in [0.717, 1.165) is 56.7 Å². The Labute approximate surface area is 166 Å². The largest absolute Gasteiger partial charge is 0.356 e. The summed E-state index contributed by atoms with van der Waals surface area (Å²) in [6.45, 7) is 4.47. The van der Waals surface area contributed by atoms with Crippen molar-refractivity contribution >= 4 is 5.91 Å². The van der Waals surface area contributed by atoms with Crippen LogP contribution in [0.4, 0.5) is 4.39 Å². The molecule has 4 nitrogen and oxygen atoms in total. The lowest BCUT2D eigenvalue weighted by atomic mass is 9.95. The maximum Gasteiger partial charge on any atom is 0.220 e. The van der Waals surface area contributed by atoms with E-state index < -0.39 is 0 Å². The van der Waals surface area contributed by atoms with Crippen LogP contribution in [-0.2, 0) is 4.79 Å². The van der Waals surface area contributed by atoms with Crippen molar-refractivity contribution in [1.29, 1.82) is 0 Å². The summed E-state index contributed by atoms with van der Waals surface area (Å²) >= 11 is 0. The first kappa shape index (κ1) is 19.1. The molecule has 2 aliphatic heterocycles. The van der Waals surface area contributed by atoms with E-state index in [1.165, 1.54) is 0 Å². The Morgan fingerprint density at radius 2 is 1.64 bits per heavy atom. The highest BCUT2D eigenvalue weighted by molar-refractivity contribution is 5.76. The lowest BCUT2D eigenvalue weighted by molar-refractivity contribution is -0.120. The van der Waals surface area contributed by atoms with Crippen LogP contribution in [0.2, 0.25) is 0 Å². The summed E-state index contributed by atoms with van der Waals surface area (Å²) in [5, 5.41) is 2.97. The van der Waals surface area contributed by atoms with Gasteiger partial charge < -0.3 is 5.32 Å². The molecule has 2 unspecified atom stereocenters. The highest BCUT2D eigenvalue weighted by Crippen LogP contribution is 2.31. The third-order valence-electron chi connectivity index (χ3n) is 6.05. The smallest absolute Gasteiger partial charge is 0.220 e. The summed E-state index contributed by atoms with van der Waals surface area (Å²) < 4.78 is 14.7. The molecule has 0 aromatic heterocycles. The first-order valence-corrected chi connectivity index (χ1v) is 10.3. The molecule has 0 spiro atoms. The molecular formula is C23H28FN3O. The number of rotatable bonds is 4. The average Bonchev–Trinajstić information content (AvgIpc) is 2.95. The maximum atomic E-state index is 14.7. The van der Waals surface area contributed by atoms with Crippen molar-refractivity contribution < 1.29 is 9.18 Å². The Bertz CT molecular complexity index is 789. The fourth-order valence-electron chi connectivity index (χ4n) is 4.55. The summed E-state index contributed by atoms with van der Waals surface area (Å²) in [7, 11) is 0. The molecule has 1 N–H and O–H groups in total. The lowest BCUT2D eigenvalue weighted by Crippen LogP contribution is -2.51. The summed E-state index contributed by atoms with van der Waals surface area (Å²) in [5.74, 6) is 0.0250. The molecule has 2 atom stereocenters. The van der Waals surface area contributed by atoms with Gasteiger partial charge in [0, 0.05) is 50.7 Å². The molecule has 2 aromatic rings. The number of halogens is 1. The van der Waals surface area contributed by atoms with Crippen molar-refractivity contribution in [1.82, 2.24) is 15.1 Å². The Morgan fingerprint density at radius 3 is 2.39 bits per heavy atom. The van der Waals surface area contributed by atoms with Gasteiger partial charge in [0.25, 0.3) is 0 Å². The summed E-state index contributed by atoms with van der Waals surface area (Å²) in [6, 6.07) is 17.7. The number of hydrogen-bond acceptors (Lipinski definition) is 3. The molecule has 0 bridgehead atoms. The van der Waals surface area contributed by atoms with E-state index in [1.54, 1.807) is 12.1 Å². The van der Waals surface area contributed by atoms with Gasteiger partial charge in [-0.25, -0.2) is 4.39 Å². The summed E-state index contributed by atoms with van der Waals surface area (Å²) in [5.41, 5.74) is 1.87. The first-order chi connectivity index (χ1) is 13.7. The molecule has 148 valence electrons. The Hall–Kier alpha value is -2.24. The highest BCUT2D eigenvalue weighted by atomic mass is 19.1. The molecule has 1 amide bonds. The fraction of sp³-hybridized carbons (Fsp3) is 0.435. The summed E-state index contributed by atoms with van der Waals surface area (Å²) in [6.07, 6.45) is 2.56. The zero-order chi connectivity index (χ0) is 19.3. The van der Waals surface area contributed by atoms with Crippen LogP contribution < -0.4 is 5.32 Å². The molecule has 0 radical (unpaired) electrons. The second-order valence-corrected chi connectivity index (χ2v) is 7.74. The van der Waals surface area contributed by atoms with Gasteiger partial charge in [0.2, 0.25) is 5.91 Å². The van der Waals surface area contributed by atoms with Gasteiger partial charge in [0.05, 0.1) is 6.04 Å². The van der Waals surface area contributed by atoms with Crippen molar-refractivity contribution in [2.24, 2.45) is 0 Å². The quantitative estimate of drug-likeness (QED) is 0.883. The number of nitrogens with one attached hydrogen (secondary N) is 1. The van der Waals surface area contributed by atoms with Gasteiger partial charge in [-0.15, -0.1) is 0 Å². The third-order valence-corrected chi connectivity index (χ3v) is 6.05. The monoisotopic (exact) mass is 381 g/mol.